The van der Waals surface area contributed by atoms with Gasteiger partial charge in [-0.3, -0.25) is 4.72 Å². The van der Waals surface area contributed by atoms with Crippen LogP contribution in [0.1, 0.15) is 41.5 Å². The van der Waals surface area contributed by atoms with E-state index in [1.54, 1.807) is 0 Å². The molecule has 4 nitrogen and oxygen atoms in total. The maximum Gasteiger partial charge on any atom is 0.251 e. The van der Waals surface area contributed by atoms with Crippen LogP contribution < -0.4 is 4.72 Å². The minimum Gasteiger partial charge on any atom is -0.335 e. The molecule has 18 heavy (non-hydrogen) atoms. The monoisotopic (exact) mass is 310 g/mol. The quantitative estimate of drug-likeness (QED) is 0.758. The molecule has 1 heterocycles. The molecule has 1 rings (SSSR count). The highest BCUT2D eigenvalue weighted by Gasteiger charge is 2.38. The van der Waals surface area contributed by atoms with Crippen molar-refractivity contribution in [1.29, 1.82) is 0 Å². The lowest BCUT2D eigenvalue weighted by atomic mass is 9.82. The zero-order valence-electron chi connectivity index (χ0n) is 12.0. The second-order valence-corrected chi connectivity index (χ2v) is 9.89. The number of rotatable bonds is 1. The molecule has 1 aliphatic heterocycles. The van der Waals surface area contributed by atoms with E-state index in [9.17, 15) is 8.42 Å². The molecule has 0 aromatic rings. The third-order valence-corrected chi connectivity index (χ3v) is 5.65. The number of hydrogen-bond donors (Lipinski definition) is 1. The highest BCUT2D eigenvalue weighted by Crippen LogP contribution is 2.45. The molecule has 2 unspecified atom stereocenters. The van der Waals surface area contributed by atoms with Crippen molar-refractivity contribution in [3.05, 3.63) is 11.4 Å². The van der Waals surface area contributed by atoms with E-state index in [0.717, 1.165) is 11.4 Å². The summed E-state index contributed by atoms with van der Waals surface area (Å²) in [6, 6.07) is 0. The van der Waals surface area contributed by atoms with Gasteiger partial charge in [-0.15, -0.1) is 0 Å². The Hall–Kier alpha value is 0.150. The topological polar surface area (TPSA) is 49.4 Å². The Morgan fingerprint density at radius 2 is 1.67 bits per heavy atom. The summed E-state index contributed by atoms with van der Waals surface area (Å²) in [7, 11) is -0.251. The number of hydrogen-bond acceptors (Lipinski definition) is 3. The molecule has 0 saturated heterocycles. The van der Waals surface area contributed by atoms with Gasteiger partial charge in [0.15, 0.2) is 0 Å². The predicted molar refractivity (Wildman–Crippen MR) is 82.7 cm³/mol. The molecule has 0 saturated carbocycles. The first-order valence-corrected chi connectivity index (χ1v) is 10.3. The van der Waals surface area contributed by atoms with E-state index in [0.29, 0.717) is 8.42 Å². The third kappa shape index (κ3) is 3.59. The number of allylic oxidation sites excluding steroid dienone is 2. The molecule has 0 aromatic carbocycles. The second-order valence-electron chi connectivity index (χ2n) is 6.63. The Kier molecular flexibility index (Phi) is 4.43. The SMILES string of the molecule is CC(C)(C)C1=C(C(C)(C)C)N(PP)CS(=O)(=O)N1. The summed E-state index contributed by atoms with van der Waals surface area (Å²) in [5.74, 6) is 0.0428. The van der Waals surface area contributed by atoms with Gasteiger partial charge in [0.05, 0.1) is 5.70 Å². The van der Waals surface area contributed by atoms with Crippen molar-refractivity contribution in [3.63, 3.8) is 0 Å². The Bertz CT molecular complexity index is 458. The Morgan fingerprint density at radius 3 is 2.00 bits per heavy atom. The van der Waals surface area contributed by atoms with Crippen LogP contribution >= 0.6 is 17.3 Å². The average molecular weight is 310 g/mol. The molecule has 2 atom stereocenters. The van der Waals surface area contributed by atoms with Crippen LogP contribution in [0.5, 0.6) is 0 Å². The lowest BCUT2D eigenvalue weighted by molar-refractivity contribution is 0.352. The highest BCUT2D eigenvalue weighted by atomic mass is 32.2. The Balaban J connectivity index is 3.51. The van der Waals surface area contributed by atoms with Crippen LogP contribution in [0.2, 0.25) is 0 Å². The van der Waals surface area contributed by atoms with E-state index >= 15 is 0 Å². The lowest BCUT2D eigenvalue weighted by Crippen LogP contribution is -2.46. The van der Waals surface area contributed by atoms with Crippen molar-refractivity contribution >= 4 is 27.4 Å². The van der Waals surface area contributed by atoms with Crippen molar-refractivity contribution in [1.82, 2.24) is 9.39 Å². The van der Waals surface area contributed by atoms with Gasteiger partial charge >= 0.3 is 0 Å². The van der Waals surface area contributed by atoms with Gasteiger partial charge in [0.25, 0.3) is 10.0 Å². The zero-order chi connectivity index (χ0) is 14.4. The van der Waals surface area contributed by atoms with E-state index < -0.39 is 10.0 Å². The largest absolute Gasteiger partial charge is 0.335 e. The van der Waals surface area contributed by atoms with Gasteiger partial charge in [0.2, 0.25) is 0 Å². The summed E-state index contributed by atoms with van der Waals surface area (Å²) < 4.78 is 28.6. The van der Waals surface area contributed by atoms with Crippen molar-refractivity contribution in [3.8, 4) is 0 Å². The summed E-state index contributed by atoms with van der Waals surface area (Å²) >= 11 is 0. The van der Waals surface area contributed by atoms with E-state index in [-0.39, 0.29) is 16.7 Å². The fraction of sp³-hybridized carbons (Fsp3) is 0.818. The first kappa shape index (κ1) is 16.2. The molecule has 1 aliphatic rings. The fourth-order valence-electron chi connectivity index (χ4n) is 2.00. The van der Waals surface area contributed by atoms with Crippen molar-refractivity contribution in [2.24, 2.45) is 10.8 Å². The molecule has 0 radical (unpaired) electrons. The van der Waals surface area contributed by atoms with Gasteiger partial charge in [0, 0.05) is 16.5 Å². The van der Waals surface area contributed by atoms with E-state index in [2.05, 4.69) is 34.4 Å². The van der Waals surface area contributed by atoms with E-state index in [1.807, 2.05) is 25.4 Å². The van der Waals surface area contributed by atoms with Gasteiger partial charge < -0.3 is 4.67 Å². The van der Waals surface area contributed by atoms with Gasteiger partial charge in [-0.2, -0.15) is 0 Å². The van der Waals surface area contributed by atoms with Gasteiger partial charge in [-0.05, 0) is 8.42 Å². The molecule has 0 fully saturated rings. The fourth-order valence-corrected chi connectivity index (χ4v) is 5.69. The van der Waals surface area contributed by atoms with Crippen LogP contribution in [0.4, 0.5) is 0 Å². The van der Waals surface area contributed by atoms with Crippen LogP contribution in [-0.4, -0.2) is 19.0 Å². The summed E-state index contributed by atoms with van der Waals surface area (Å²) in [5, 5.41) is 0. The first-order chi connectivity index (χ1) is 7.88. The molecule has 0 amide bonds. The van der Waals surface area contributed by atoms with Crippen molar-refractivity contribution < 1.29 is 8.42 Å². The van der Waals surface area contributed by atoms with Crippen LogP contribution in [0.25, 0.3) is 0 Å². The summed E-state index contributed by atoms with van der Waals surface area (Å²) in [6.07, 6.45) is 0. The van der Waals surface area contributed by atoms with E-state index in [4.69, 9.17) is 0 Å². The highest BCUT2D eigenvalue weighted by molar-refractivity contribution is 8.02. The van der Waals surface area contributed by atoms with Crippen molar-refractivity contribution in [2.45, 2.75) is 41.5 Å². The maximum atomic E-state index is 12.0. The number of sulfonamides is 1. The molecule has 0 spiro atoms. The predicted octanol–water partition coefficient (Wildman–Crippen LogP) is 2.87. The van der Waals surface area contributed by atoms with Crippen LogP contribution in [0, 0.1) is 10.8 Å². The Labute approximate surface area is 115 Å². The second kappa shape index (κ2) is 4.92. The van der Waals surface area contributed by atoms with Gasteiger partial charge in [0.1, 0.15) is 5.88 Å². The third-order valence-electron chi connectivity index (χ3n) is 2.68. The van der Waals surface area contributed by atoms with Gasteiger partial charge in [-0.1, -0.05) is 50.5 Å². The average Bonchev–Trinajstić information content (AvgIpc) is 2.11. The molecular formula is C11H24N2O2P2S. The zero-order valence-corrected chi connectivity index (χ0v) is 14.9. The normalized spacial score (nSPS) is 21.6. The minimum atomic E-state index is -3.26. The number of nitrogens with zero attached hydrogens (tertiary/aromatic N) is 1. The molecule has 0 aliphatic carbocycles. The summed E-state index contributed by atoms with van der Waals surface area (Å²) in [6.45, 7) is 12.5. The number of nitrogens with one attached hydrogen (secondary N) is 1. The summed E-state index contributed by atoms with van der Waals surface area (Å²) in [4.78, 5) is 0. The van der Waals surface area contributed by atoms with Gasteiger partial charge in [-0.25, -0.2) is 8.42 Å². The van der Waals surface area contributed by atoms with Crippen LogP contribution in [0.3, 0.4) is 0 Å². The molecule has 1 N–H and O–H groups in total. The molecular weight excluding hydrogens is 286 g/mol. The van der Waals surface area contributed by atoms with Crippen molar-refractivity contribution in [2.75, 3.05) is 5.88 Å². The Morgan fingerprint density at radius 1 is 1.17 bits per heavy atom. The van der Waals surface area contributed by atoms with Crippen LogP contribution in [-0.2, 0) is 10.0 Å². The molecule has 7 heteroatoms. The first-order valence-electron chi connectivity index (χ1n) is 5.88. The van der Waals surface area contributed by atoms with Crippen LogP contribution in [0.15, 0.2) is 11.4 Å². The summed E-state index contributed by atoms with van der Waals surface area (Å²) in [5.41, 5.74) is 1.60. The molecule has 0 bridgehead atoms. The lowest BCUT2D eigenvalue weighted by Gasteiger charge is -2.43. The molecule has 0 aromatic heterocycles. The standard InChI is InChI=1S/C11H24N2O2P2S/c1-10(2,3)8-9(11(4,5)6)13(17-16)7-18(14,15)12-8/h12,17H,7,16H2,1-6H3. The van der Waals surface area contributed by atoms with E-state index in [1.165, 1.54) is 0 Å². The maximum absolute atomic E-state index is 12.0. The smallest absolute Gasteiger partial charge is 0.251 e. The molecule has 106 valence electrons. The minimum absolute atomic E-state index is 0.0428.